The maximum absolute atomic E-state index is 11.4. The zero-order valence-electron chi connectivity index (χ0n) is 7.30. The van der Waals surface area contributed by atoms with Crippen LogP contribution < -0.4 is 5.30 Å². The van der Waals surface area contributed by atoms with Gasteiger partial charge in [0.1, 0.15) is 0 Å². The van der Waals surface area contributed by atoms with E-state index in [1.54, 1.807) is 24.3 Å². The summed E-state index contributed by atoms with van der Waals surface area (Å²) in [5.41, 5.74) is 0.621. The Hall–Kier alpha value is -0.890. The van der Waals surface area contributed by atoms with Crippen LogP contribution in [0.1, 0.15) is 5.56 Å². The average molecular weight is 198 g/mol. The quantitative estimate of drug-likeness (QED) is 0.753. The van der Waals surface area contributed by atoms with Gasteiger partial charge in [0, 0.05) is 7.11 Å². The van der Waals surface area contributed by atoms with Crippen LogP contribution in [0.5, 0.6) is 0 Å². The Morgan fingerprint density at radius 2 is 2.15 bits per heavy atom. The molecule has 1 atom stereocenters. The lowest BCUT2D eigenvalue weighted by Crippen LogP contribution is -2.08. The molecule has 1 N–H and O–H groups in total. The standard InChI is InChI=1S/C9H11O3P/c1-3-8-6-4-5-7-9(8)13(10,11)12-2/h3-7H,1H2,2H3,(H,10,11). The van der Waals surface area contributed by atoms with Crippen molar-refractivity contribution in [1.29, 1.82) is 0 Å². The molecule has 0 aliphatic rings. The van der Waals surface area contributed by atoms with Gasteiger partial charge in [-0.3, -0.25) is 4.57 Å². The molecule has 4 heteroatoms. The summed E-state index contributed by atoms with van der Waals surface area (Å²) in [6.45, 7) is 3.55. The fraction of sp³-hybridized carbons (Fsp3) is 0.111. The first-order valence-corrected chi connectivity index (χ1v) is 5.30. The van der Waals surface area contributed by atoms with Gasteiger partial charge < -0.3 is 9.42 Å². The minimum absolute atomic E-state index is 0.285. The first-order valence-electron chi connectivity index (χ1n) is 3.72. The summed E-state index contributed by atoms with van der Waals surface area (Å²) in [7, 11) is -2.44. The maximum atomic E-state index is 11.4. The van der Waals surface area contributed by atoms with Crippen LogP contribution in [-0.4, -0.2) is 12.0 Å². The van der Waals surface area contributed by atoms with Crippen LogP contribution in [0.2, 0.25) is 0 Å². The first kappa shape index (κ1) is 10.2. The summed E-state index contributed by atoms with van der Waals surface area (Å²) in [5.74, 6) is 0. The summed E-state index contributed by atoms with van der Waals surface area (Å²) < 4.78 is 16.0. The van der Waals surface area contributed by atoms with Gasteiger partial charge in [0.05, 0.1) is 5.30 Å². The molecule has 0 fully saturated rings. The summed E-state index contributed by atoms with van der Waals surface area (Å²) in [6.07, 6.45) is 1.53. The van der Waals surface area contributed by atoms with Crippen LogP contribution >= 0.6 is 7.60 Å². The van der Waals surface area contributed by atoms with Crippen LogP contribution in [0.4, 0.5) is 0 Å². The Bertz CT molecular complexity index is 360. The first-order chi connectivity index (χ1) is 6.11. The van der Waals surface area contributed by atoms with Crippen molar-refractivity contribution >= 4 is 19.0 Å². The van der Waals surface area contributed by atoms with Gasteiger partial charge >= 0.3 is 7.60 Å². The molecule has 0 heterocycles. The largest absolute Gasteiger partial charge is 0.359 e. The minimum atomic E-state index is -3.65. The molecule has 0 aliphatic heterocycles. The molecule has 3 nitrogen and oxygen atoms in total. The maximum Gasteiger partial charge on any atom is 0.359 e. The molecule has 0 spiro atoms. The number of hydrogen-bond donors (Lipinski definition) is 1. The topological polar surface area (TPSA) is 46.5 Å². The summed E-state index contributed by atoms with van der Waals surface area (Å²) in [5, 5.41) is 0.285. The van der Waals surface area contributed by atoms with Crippen molar-refractivity contribution in [3.63, 3.8) is 0 Å². The fourth-order valence-electron chi connectivity index (χ4n) is 1.02. The molecule has 1 unspecified atom stereocenters. The lowest BCUT2D eigenvalue weighted by molar-refractivity contribution is 0.328. The fourth-order valence-corrected chi connectivity index (χ4v) is 1.98. The second-order valence-corrected chi connectivity index (χ2v) is 4.35. The van der Waals surface area contributed by atoms with E-state index in [1.165, 1.54) is 13.2 Å². The van der Waals surface area contributed by atoms with Crippen LogP contribution in [-0.2, 0) is 9.09 Å². The Labute approximate surface area is 77.2 Å². The average Bonchev–Trinajstić information content (AvgIpc) is 2.18. The molecular weight excluding hydrogens is 187 g/mol. The molecule has 1 rings (SSSR count). The van der Waals surface area contributed by atoms with E-state index < -0.39 is 7.60 Å². The second kappa shape index (κ2) is 3.88. The van der Waals surface area contributed by atoms with Crippen molar-refractivity contribution in [2.24, 2.45) is 0 Å². The Morgan fingerprint density at radius 1 is 1.54 bits per heavy atom. The highest BCUT2D eigenvalue weighted by Gasteiger charge is 2.22. The molecule has 0 aromatic heterocycles. The smallest absolute Gasteiger partial charge is 0.321 e. The number of benzene rings is 1. The highest BCUT2D eigenvalue weighted by atomic mass is 31.2. The zero-order valence-corrected chi connectivity index (χ0v) is 8.20. The molecule has 0 saturated heterocycles. The molecule has 0 radical (unpaired) electrons. The van der Waals surface area contributed by atoms with Gasteiger partial charge in [0.15, 0.2) is 0 Å². The zero-order chi connectivity index (χ0) is 9.90. The molecule has 13 heavy (non-hydrogen) atoms. The van der Waals surface area contributed by atoms with Gasteiger partial charge in [-0.25, -0.2) is 0 Å². The van der Waals surface area contributed by atoms with Gasteiger partial charge in [-0.15, -0.1) is 0 Å². The minimum Gasteiger partial charge on any atom is -0.321 e. The molecule has 0 aliphatic carbocycles. The van der Waals surface area contributed by atoms with Gasteiger partial charge in [0.25, 0.3) is 0 Å². The van der Waals surface area contributed by atoms with Crippen LogP contribution in [0.15, 0.2) is 30.8 Å². The molecule has 0 bridgehead atoms. The third kappa shape index (κ3) is 2.07. The summed E-state index contributed by atoms with van der Waals surface area (Å²) >= 11 is 0. The highest BCUT2D eigenvalue weighted by molar-refractivity contribution is 7.61. The molecule has 1 aromatic carbocycles. The van der Waals surface area contributed by atoms with E-state index in [2.05, 4.69) is 11.1 Å². The Balaban J connectivity index is 3.28. The van der Waals surface area contributed by atoms with E-state index in [4.69, 9.17) is 0 Å². The third-order valence-corrected chi connectivity index (χ3v) is 3.22. The molecular formula is C9H11O3P. The van der Waals surface area contributed by atoms with Crippen LogP contribution in [0, 0.1) is 0 Å². The number of rotatable bonds is 3. The molecule has 0 amide bonds. The van der Waals surface area contributed by atoms with Crippen molar-refractivity contribution in [3.05, 3.63) is 36.4 Å². The van der Waals surface area contributed by atoms with Crippen molar-refractivity contribution in [2.45, 2.75) is 0 Å². The Morgan fingerprint density at radius 3 is 2.69 bits per heavy atom. The predicted molar refractivity (Wildman–Crippen MR) is 53.0 cm³/mol. The van der Waals surface area contributed by atoms with E-state index in [1.807, 2.05) is 0 Å². The summed E-state index contributed by atoms with van der Waals surface area (Å²) in [4.78, 5) is 9.39. The van der Waals surface area contributed by atoms with Crippen molar-refractivity contribution in [1.82, 2.24) is 0 Å². The summed E-state index contributed by atoms with van der Waals surface area (Å²) in [6, 6.07) is 6.73. The SMILES string of the molecule is C=Cc1ccccc1P(=O)(O)OC. The number of hydrogen-bond acceptors (Lipinski definition) is 2. The van der Waals surface area contributed by atoms with E-state index in [0.29, 0.717) is 5.56 Å². The van der Waals surface area contributed by atoms with E-state index in [-0.39, 0.29) is 5.30 Å². The van der Waals surface area contributed by atoms with E-state index in [0.717, 1.165) is 0 Å². The van der Waals surface area contributed by atoms with Gasteiger partial charge in [-0.2, -0.15) is 0 Å². The molecule has 1 aromatic rings. The third-order valence-electron chi connectivity index (χ3n) is 1.71. The van der Waals surface area contributed by atoms with Gasteiger partial charge in [-0.1, -0.05) is 30.9 Å². The highest BCUT2D eigenvalue weighted by Crippen LogP contribution is 2.40. The van der Waals surface area contributed by atoms with Crippen molar-refractivity contribution in [2.75, 3.05) is 7.11 Å². The van der Waals surface area contributed by atoms with Crippen LogP contribution in [0.25, 0.3) is 6.08 Å². The lowest BCUT2D eigenvalue weighted by atomic mass is 10.2. The predicted octanol–water partition coefficient (Wildman–Crippen LogP) is 1.79. The van der Waals surface area contributed by atoms with Crippen molar-refractivity contribution in [3.8, 4) is 0 Å². The monoisotopic (exact) mass is 198 g/mol. The second-order valence-electron chi connectivity index (χ2n) is 2.47. The van der Waals surface area contributed by atoms with E-state index in [9.17, 15) is 9.46 Å². The van der Waals surface area contributed by atoms with Crippen LogP contribution in [0.3, 0.4) is 0 Å². The molecule has 0 saturated carbocycles. The Kier molecular flexibility index (Phi) is 3.04. The lowest BCUT2D eigenvalue weighted by Gasteiger charge is -2.10. The molecule has 70 valence electrons. The van der Waals surface area contributed by atoms with E-state index >= 15 is 0 Å². The van der Waals surface area contributed by atoms with Gasteiger partial charge in [0.2, 0.25) is 0 Å². The van der Waals surface area contributed by atoms with Gasteiger partial charge in [-0.05, 0) is 11.6 Å². The normalized spacial score (nSPS) is 14.9. The van der Waals surface area contributed by atoms with Crippen molar-refractivity contribution < 1.29 is 14.0 Å².